The summed E-state index contributed by atoms with van der Waals surface area (Å²) in [5.74, 6) is -11.6. The third-order valence-corrected chi connectivity index (χ3v) is 12.7. The molecule has 0 bridgehead atoms. The number of thioether (sulfide) groups is 2. The highest BCUT2D eigenvalue weighted by Crippen LogP contribution is 2.59. The topological polar surface area (TPSA) is 73.9 Å². The van der Waals surface area contributed by atoms with E-state index < -0.39 is 120 Å². The van der Waals surface area contributed by atoms with Crippen molar-refractivity contribution in [3.05, 3.63) is 0 Å². The maximum Gasteiger partial charge on any atom is 0.462 e. The van der Waals surface area contributed by atoms with Crippen LogP contribution in [-0.2, 0) is 23.8 Å². The molecule has 0 aromatic heterocycles. The van der Waals surface area contributed by atoms with Gasteiger partial charge >= 0.3 is 48.3 Å². The van der Waals surface area contributed by atoms with Crippen LogP contribution in [0.5, 0.6) is 0 Å². The Balaban J connectivity index is 6.94. The molecule has 0 saturated carbocycles. The van der Waals surface area contributed by atoms with Gasteiger partial charge in [0.05, 0.1) is 11.8 Å². The number of thiocarbonyl (C=S) groups is 1. The molecule has 0 aliphatic heterocycles. The molecule has 0 aliphatic carbocycles. The Bertz CT molecular complexity index is 1520. The molecular weight excluding hydrogens is 934 g/mol. The van der Waals surface area contributed by atoms with E-state index in [9.17, 15) is 66.7 Å². The Morgan fingerprint density at radius 3 is 1.52 bits per heavy atom. The molecule has 0 heterocycles. The van der Waals surface area contributed by atoms with Crippen molar-refractivity contribution >= 4 is 51.1 Å². The maximum absolute atomic E-state index is 16.2. The lowest BCUT2D eigenvalue weighted by Crippen LogP contribution is -2.73. The van der Waals surface area contributed by atoms with Crippen LogP contribution in [0, 0.1) is 17.3 Å². The minimum Gasteiger partial charge on any atom is -0.462 e. The SMILES string of the molecule is CCCCSC(=S)SC(C)(C)C(CC(C)(C)C(C)C(=O)OCC(F)(C(F)(F)F)C(C)(C)OC(F)(F)C(F)(C(F)(F)F)C(C)(C)OC(F)(F)C(F)(F)C(F)(F)F)C(=O)NC(C)C. The van der Waals surface area contributed by atoms with Crippen LogP contribution in [0.3, 0.4) is 0 Å². The van der Waals surface area contributed by atoms with Crippen LogP contribution in [0.15, 0.2) is 0 Å². The van der Waals surface area contributed by atoms with Crippen LogP contribution in [0.4, 0.5) is 74.6 Å². The highest BCUT2D eigenvalue weighted by molar-refractivity contribution is 8.47. The summed E-state index contributed by atoms with van der Waals surface area (Å²) in [5, 5.41) is 2.73. The molecule has 6 nitrogen and oxygen atoms in total. The second kappa shape index (κ2) is 19.5. The van der Waals surface area contributed by atoms with Gasteiger partial charge in [0.1, 0.15) is 21.3 Å². The smallest absolute Gasteiger partial charge is 0.462 e. The molecule has 0 aliphatic rings. The van der Waals surface area contributed by atoms with Gasteiger partial charge in [-0.25, -0.2) is 8.78 Å². The first kappa shape index (κ1) is 59.5. The molecule has 0 aromatic carbocycles. The average molecular weight is 984 g/mol. The number of amides is 1. The number of carbonyl (C=O) groups excluding carboxylic acids is 2. The number of hydrogen-bond acceptors (Lipinski definition) is 8. The van der Waals surface area contributed by atoms with E-state index in [1.807, 2.05) is 6.92 Å². The van der Waals surface area contributed by atoms with Gasteiger partial charge in [0.15, 0.2) is 0 Å². The summed E-state index contributed by atoms with van der Waals surface area (Å²) in [6, 6.07) is -0.400. The molecule has 26 heteroatoms. The van der Waals surface area contributed by atoms with E-state index in [4.69, 9.17) is 12.2 Å². The van der Waals surface area contributed by atoms with Gasteiger partial charge in [0.25, 0.3) is 5.67 Å². The molecule has 0 radical (unpaired) electrons. The van der Waals surface area contributed by atoms with Crippen LogP contribution in [0.2, 0.25) is 0 Å². The molecule has 0 spiro atoms. The molecular formula is C35H50F17NO5S3. The predicted octanol–water partition coefficient (Wildman–Crippen LogP) is 12.6. The summed E-state index contributed by atoms with van der Waals surface area (Å²) >= 11 is 7.97. The minimum atomic E-state index is -7.48. The van der Waals surface area contributed by atoms with Crippen LogP contribution >= 0.6 is 35.7 Å². The van der Waals surface area contributed by atoms with E-state index in [1.54, 1.807) is 27.7 Å². The number of unbranched alkanes of at least 4 members (excludes halogenated alkanes) is 1. The number of esters is 1. The van der Waals surface area contributed by atoms with Gasteiger partial charge in [-0.2, -0.15) is 65.9 Å². The first-order valence-corrected chi connectivity index (χ1v) is 20.2. The molecule has 0 saturated heterocycles. The van der Waals surface area contributed by atoms with E-state index in [1.165, 1.54) is 25.6 Å². The van der Waals surface area contributed by atoms with E-state index in [0.717, 1.165) is 31.5 Å². The lowest BCUT2D eigenvalue weighted by Gasteiger charge is -2.49. The quantitative estimate of drug-likeness (QED) is 0.0528. The standard InChI is InChI=1S/C35H50F17NO5S3/c1-13-14-15-60-23(59)61-25(7,8)20(21(54)53-18(2)3)16-24(5,6)19(4)22(55)56-17-28(36,31(40,41)42)26(9,10)57-34(49,50)29(37,32(43,44)45)27(11,12)58-35(51,52)30(38,39)33(46,47)48/h18-20H,13-17H2,1-12H3,(H,53,54). The number of hydrogen-bond donors (Lipinski definition) is 1. The van der Waals surface area contributed by atoms with Gasteiger partial charge in [0, 0.05) is 10.8 Å². The van der Waals surface area contributed by atoms with Crippen LogP contribution in [0.25, 0.3) is 0 Å². The summed E-state index contributed by atoms with van der Waals surface area (Å²) in [6.07, 6.45) is -34.3. The van der Waals surface area contributed by atoms with Gasteiger partial charge in [-0.05, 0) is 79.4 Å². The Morgan fingerprint density at radius 1 is 0.672 bits per heavy atom. The summed E-state index contributed by atoms with van der Waals surface area (Å²) < 4.78 is 251. The largest absolute Gasteiger partial charge is 0.462 e. The molecule has 61 heavy (non-hydrogen) atoms. The number of rotatable bonds is 21. The molecule has 362 valence electrons. The van der Waals surface area contributed by atoms with Crippen molar-refractivity contribution in [3.63, 3.8) is 0 Å². The molecule has 0 fully saturated rings. The van der Waals surface area contributed by atoms with E-state index >= 15 is 17.6 Å². The minimum absolute atomic E-state index is 0.229. The first-order valence-electron chi connectivity index (χ1n) is 18.0. The summed E-state index contributed by atoms with van der Waals surface area (Å²) in [7, 11) is 0. The van der Waals surface area contributed by atoms with Gasteiger partial charge in [-0.15, -0.1) is 23.5 Å². The summed E-state index contributed by atoms with van der Waals surface area (Å²) in [6.45, 7) is 7.24. The van der Waals surface area contributed by atoms with Gasteiger partial charge in [0.2, 0.25) is 5.91 Å². The number of halogens is 17. The highest BCUT2D eigenvalue weighted by Gasteiger charge is 2.85. The zero-order valence-corrected chi connectivity index (χ0v) is 37.4. The average Bonchev–Trinajstić information content (AvgIpc) is 3.01. The van der Waals surface area contributed by atoms with Crippen molar-refractivity contribution in [2.24, 2.45) is 17.3 Å². The fourth-order valence-corrected chi connectivity index (χ4v) is 8.90. The van der Waals surface area contributed by atoms with E-state index in [0.29, 0.717) is 9.28 Å². The lowest BCUT2D eigenvalue weighted by atomic mass is 9.70. The molecule has 0 rings (SSSR count). The molecule has 0 aromatic rings. The Kier molecular flexibility index (Phi) is 19.0. The Labute approximate surface area is 356 Å². The number of ether oxygens (including phenoxy) is 3. The van der Waals surface area contributed by atoms with Gasteiger partial charge in [-0.3, -0.25) is 9.59 Å². The third kappa shape index (κ3) is 13.3. The molecule has 1 N–H and O–H groups in total. The lowest BCUT2D eigenvalue weighted by molar-refractivity contribution is -0.489. The predicted molar refractivity (Wildman–Crippen MR) is 198 cm³/mol. The summed E-state index contributed by atoms with van der Waals surface area (Å²) in [5.41, 5.74) is -24.0. The van der Waals surface area contributed by atoms with Crippen molar-refractivity contribution < 1.29 is 98.4 Å². The third-order valence-electron chi connectivity index (χ3n) is 9.83. The monoisotopic (exact) mass is 983 g/mol. The number of carbonyl (C=O) groups is 2. The van der Waals surface area contributed by atoms with Crippen LogP contribution in [0.1, 0.15) is 102 Å². The number of alkyl halides is 17. The zero-order valence-electron chi connectivity index (χ0n) is 35.0. The van der Waals surface area contributed by atoms with Crippen LogP contribution < -0.4 is 5.32 Å². The number of nitrogens with one attached hydrogen (secondary N) is 1. The summed E-state index contributed by atoms with van der Waals surface area (Å²) in [4.78, 5) is 26.8. The second-order valence-electron chi connectivity index (χ2n) is 16.7. The fraction of sp³-hybridized carbons (Fsp3) is 0.914. The first-order chi connectivity index (χ1) is 26.6. The van der Waals surface area contributed by atoms with Crippen LogP contribution in [-0.4, -0.2) is 97.8 Å². The molecule has 4 unspecified atom stereocenters. The second-order valence-corrected chi connectivity index (χ2v) is 20.6. The Hall–Kier alpha value is -1.54. The van der Waals surface area contributed by atoms with Crippen molar-refractivity contribution in [2.75, 3.05) is 12.4 Å². The van der Waals surface area contributed by atoms with E-state index in [-0.39, 0.29) is 20.3 Å². The van der Waals surface area contributed by atoms with Crippen molar-refractivity contribution in [1.29, 1.82) is 0 Å². The van der Waals surface area contributed by atoms with Gasteiger partial charge in [-0.1, -0.05) is 46.3 Å². The van der Waals surface area contributed by atoms with E-state index in [2.05, 4.69) is 19.5 Å². The molecule has 4 atom stereocenters. The van der Waals surface area contributed by atoms with Crippen molar-refractivity contribution in [3.8, 4) is 0 Å². The van der Waals surface area contributed by atoms with Gasteiger partial charge < -0.3 is 19.5 Å². The normalized spacial score (nSPS) is 17.7. The highest BCUT2D eigenvalue weighted by atomic mass is 32.2. The zero-order chi connectivity index (χ0) is 49.2. The van der Waals surface area contributed by atoms with Crippen molar-refractivity contribution in [2.45, 2.75) is 172 Å². The Morgan fingerprint density at radius 2 is 1.13 bits per heavy atom. The fourth-order valence-electron chi connectivity index (χ4n) is 5.52. The molecule has 1 amide bonds. The van der Waals surface area contributed by atoms with Crippen molar-refractivity contribution in [1.82, 2.24) is 5.32 Å². The maximum atomic E-state index is 16.2.